The van der Waals surface area contributed by atoms with Crippen molar-refractivity contribution in [2.24, 2.45) is 0 Å². The fourth-order valence-corrected chi connectivity index (χ4v) is 3.41. The zero-order valence-electron chi connectivity index (χ0n) is 12.4. The van der Waals surface area contributed by atoms with Gasteiger partial charge in [0.2, 0.25) is 0 Å². The minimum absolute atomic E-state index is 0.103. The van der Waals surface area contributed by atoms with E-state index in [4.69, 9.17) is 0 Å². The maximum Gasteiger partial charge on any atom is 0.0618 e. The Morgan fingerprint density at radius 3 is 2.71 bits per heavy atom. The zero-order chi connectivity index (χ0) is 14.5. The van der Waals surface area contributed by atoms with E-state index in [9.17, 15) is 5.11 Å². The lowest BCUT2D eigenvalue weighted by atomic mass is 9.89. The Balaban J connectivity index is 1.69. The Morgan fingerprint density at radius 2 is 2.00 bits per heavy atom. The first kappa shape index (κ1) is 14.3. The van der Waals surface area contributed by atoms with Crippen molar-refractivity contribution in [1.29, 1.82) is 0 Å². The van der Waals surface area contributed by atoms with Crippen LogP contribution in [0.5, 0.6) is 0 Å². The number of hydrogen-bond donors (Lipinski definition) is 1. The molecule has 2 heterocycles. The maximum atomic E-state index is 10.0. The molecule has 1 fully saturated rings. The SMILES string of the molecule is OC[C@@]1(Cc2ccccc2)CCCN1CCn1cccn1. The molecule has 0 bridgehead atoms. The second-order valence-corrected chi connectivity index (χ2v) is 5.90. The predicted molar refractivity (Wildman–Crippen MR) is 83.0 cm³/mol. The molecule has 1 N–H and O–H groups in total. The largest absolute Gasteiger partial charge is 0.394 e. The van der Waals surface area contributed by atoms with Crippen molar-refractivity contribution in [3.8, 4) is 0 Å². The second kappa shape index (κ2) is 6.41. The molecule has 1 aliphatic rings. The molecular formula is C17H23N3O. The number of likely N-dealkylation sites (tertiary alicyclic amines) is 1. The quantitative estimate of drug-likeness (QED) is 0.882. The molecule has 3 rings (SSSR count). The maximum absolute atomic E-state index is 10.0. The molecule has 1 aliphatic heterocycles. The summed E-state index contributed by atoms with van der Waals surface area (Å²) in [5.74, 6) is 0. The number of rotatable bonds is 6. The van der Waals surface area contributed by atoms with Gasteiger partial charge in [0.05, 0.1) is 13.2 Å². The molecular weight excluding hydrogens is 262 g/mol. The van der Waals surface area contributed by atoms with Gasteiger partial charge in [-0.25, -0.2) is 0 Å². The van der Waals surface area contributed by atoms with E-state index in [1.54, 1.807) is 0 Å². The summed E-state index contributed by atoms with van der Waals surface area (Å²) in [5, 5.41) is 14.3. The summed E-state index contributed by atoms with van der Waals surface area (Å²) in [6, 6.07) is 12.4. The van der Waals surface area contributed by atoms with Gasteiger partial charge in [-0.05, 0) is 37.4 Å². The van der Waals surface area contributed by atoms with Crippen molar-refractivity contribution in [1.82, 2.24) is 14.7 Å². The molecule has 0 unspecified atom stereocenters. The lowest BCUT2D eigenvalue weighted by Crippen LogP contribution is -2.49. The smallest absolute Gasteiger partial charge is 0.0618 e. The summed E-state index contributed by atoms with van der Waals surface area (Å²) in [6.45, 7) is 3.11. The van der Waals surface area contributed by atoms with Gasteiger partial charge in [-0.15, -0.1) is 0 Å². The van der Waals surface area contributed by atoms with Crippen LogP contribution >= 0.6 is 0 Å². The molecule has 0 spiro atoms. The molecule has 0 aliphatic carbocycles. The summed E-state index contributed by atoms with van der Waals surface area (Å²) in [5.41, 5.74) is 1.20. The van der Waals surface area contributed by atoms with Crippen LogP contribution < -0.4 is 0 Å². The van der Waals surface area contributed by atoms with Crippen molar-refractivity contribution < 1.29 is 5.11 Å². The Bertz CT molecular complexity index is 540. The van der Waals surface area contributed by atoms with Gasteiger partial charge in [0.25, 0.3) is 0 Å². The van der Waals surface area contributed by atoms with Crippen molar-refractivity contribution in [3.63, 3.8) is 0 Å². The molecule has 4 nitrogen and oxygen atoms in total. The third-order valence-corrected chi connectivity index (χ3v) is 4.57. The van der Waals surface area contributed by atoms with Gasteiger partial charge < -0.3 is 5.11 Å². The van der Waals surface area contributed by atoms with E-state index in [2.05, 4.69) is 34.3 Å². The van der Waals surface area contributed by atoms with E-state index in [-0.39, 0.29) is 12.1 Å². The molecule has 4 heteroatoms. The lowest BCUT2D eigenvalue weighted by molar-refractivity contribution is 0.0605. The summed E-state index contributed by atoms with van der Waals surface area (Å²) >= 11 is 0. The van der Waals surface area contributed by atoms with Gasteiger partial charge >= 0.3 is 0 Å². The lowest BCUT2D eigenvalue weighted by Gasteiger charge is -2.37. The molecule has 1 saturated heterocycles. The van der Waals surface area contributed by atoms with Crippen LogP contribution in [0.15, 0.2) is 48.8 Å². The number of hydrogen-bond acceptors (Lipinski definition) is 3. The average Bonchev–Trinajstić information content (AvgIpc) is 3.16. The van der Waals surface area contributed by atoms with Crippen LogP contribution in [0.4, 0.5) is 0 Å². The molecule has 0 radical (unpaired) electrons. The molecule has 0 amide bonds. The molecule has 0 saturated carbocycles. The van der Waals surface area contributed by atoms with E-state index in [0.717, 1.165) is 38.9 Å². The van der Waals surface area contributed by atoms with Crippen molar-refractivity contribution >= 4 is 0 Å². The van der Waals surface area contributed by atoms with Crippen LogP contribution in [-0.2, 0) is 13.0 Å². The van der Waals surface area contributed by atoms with E-state index in [0.29, 0.717) is 0 Å². The fourth-order valence-electron chi connectivity index (χ4n) is 3.41. The highest BCUT2D eigenvalue weighted by Gasteiger charge is 2.40. The summed E-state index contributed by atoms with van der Waals surface area (Å²) < 4.78 is 1.96. The summed E-state index contributed by atoms with van der Waals surface area (Å²) in [4.78, 5) is 2.45. The summed E-state index contributed by atoms with van der Waals surface area (Å²) in [6.07, 6.45) is 6.95. The molecule has 2 aromatic rings. The standard InChI is InChI=1S/C17H23N3O/c21-15-17(14-16-6-2-1-3-7-16)8-4-10-19(17)12-13-20-11-5-9-18-20/h1-3,5-7,9,11,21H,4,8,10,12-15H2/t17-/m0/s1. The Hall–Kier alpha value is -1.65. The molecule has 1 atom stereocenters. The Kier molecular flexibility index (Phi) is 4.36. The molecule has 1 aromatic carbocycles. The van der Waals surface area contributed by atoms with Gasteiger partial charge in [-0.3, -0.25) is 9.58 Å². The third-order valence-electron chi connectivity index (χ3n) is 4.57. The second-order valence-electron chi connectivity index (χ2n) is 5.90. The normalized spacial score (nSPS) is 22.7. The predicted octanol–water partition coefficient (Wildman–Crippen LogP) is 1.95. The van der Waals surface area contributed by atoms with E-state index in [1.807, 2.05) is 29.2 Å². The van der Waals surface area contributed by atoms with Crippen LogP contribution in [0.25, 0.3) is 0 Å². The minimum Gasteiger partial charge on any atom is -0.394 e. The molecule has 1 aromatic heterocycles. The van der Waals surface area contributed by atoms with Crippen molar-refractivity contribution in [3.05, 3.63) is 54.4 Å². The van der Waals surface area contributed by atoms with Crippen LogP contribution in [0.1, 0.15) is 18.4 Å². The zero-order valence-corrected chi connectivity index (χ0v) is 12.4. The highest BCUT2D eigenvalue weighted by Crippen LogP contribution is 2.32. The van der Waals surface area contributed by atoms with Crippen LogP contribution in [0, 0.1) is 0 Å². The number of aliphatic hydroxyl groups excluding tert-OH is 1. The van der Waals surface area contributed by atoms with Crippen LogP contribution in [0.3, 0.4) is 0 Å². The highest BCUT2D eigenvalue weighted by atomic mass is 16.3. The number of aliphatic hydroxyl groups is 1. The van der Waals surface area contributed by atoms with Gasteiger partial charge in [-0.2, -0.15) is 5.10 Å². The fraction of sp³-hybridized carbons (Fsp3) is 0.471. The van der Waals surface area contributed by atoms with Crippen molar-refractivity contribution in [2.75, 3.05) is 19.7 Å². The van der Waals surface area contributed by atoms with Crippen LogP contribution in [-0.4, -0.2) is 45.0 Å². The van der Waals surface area contributed by atoms with Gasteiger partial charge in [0, 0.05) is 24.5 Å². The van der Waals surface area contributed by atoms with Crippen LogP contribution in [0.2, 0.25) is 0 Å². The van der Waals surface area contributed by atoms with Gasteiger partial charge in [-0.1, -0.05) is 30.3 Å². The summed E-state index contributed by atoms with van der Waals surface area (Å²) in [7, 11) is 0. The first-order chi connectivity index (χ1) is 10.3. The average molecular weight is 285 g/mol. The minimum atomic E-state index is -0.103. The van der Waals surface area contributed by atoms with Gasteiger partial charge in [0.15, 0.2) is 0 Å². The number of aromatic nitrogens is 2. The van der Waals surface area contributed by atoms with Gasteiger partial charge in [0.1, 0.15) is 0 Å². The number of nitrogens with zero attached hydrogens (tertiary/aromatic N) is 3. The Morgan fingerprint density at radius 1 is 1.14 bits per heavy atom. The topological polar surface area (TPSA) is 41.3 Å². The van der Waals surface area contributed by atoms with E-state index in [1.165, 1.54) is 5.56 Å². The Labute approximate surface area is 126 Å². The van der Waals surface area contributed by atoms with Crippen molar-refractivity contribution in [2.45, 2.75) is 31.3 Å². The molecule has 21 heavy (non-hydrogen) atoms. The monoisotopic (exact) mass is 285 g/mol. The highest BCUT2D eigenvalue weighted by molar-refractivity contribution is 5.19. The van der Waals surface area contributed by atoms with E-state index >= 15 is 0 Å². The van der Waals surface area contributed by atoms with E-state index < -0.39 is 0 Å². The molecule has 112 valence electrons. The third kappa shape index (κ3) is 3.17. The number of benzene rings is 1. The first-order valence-electron chi connectivity index (χ1n) is 7.70. The first-order valence-corrected chi connectivity index (χ1v) is 7.70.